The second kappa shape index (κ2) is 42.0. The average molecular weight is 749 g/mol. The number of carbonyl (C=O) groups excluding carboxylic acids is 1. The first-order valence-corrected chi connectivity index (χ1v) is 19.0. The highest BCUT2D eigenvalue weighted by Gasteiger charge is 1.98. The van der Waals surface area contributed by atoms with E-state index in [4.69, 9.17) is 61.6 Å². The highest BCUT2D eigenvalue weighted by Crippen LogP contribution is 2.10. The van der Waals surface area contributed by atoms with E-state index in [1.54, 1.807) is 24.3 Å². The van der Waals surface area contributed by atoms with E-state index >= 15 is 0 Å². The van der Waals surface area contributed by atoms with Crippen molar-refractivity contribution in [3.63, 3.8) is 0 Å². The molecule has 0 unspecified atom stereocenters. The lowest BCUT2D eigenvalue weighted by molar-refractivity contribution is -0.0285. The molecule has 0 heterocycles. The van der Waals surface area contributed by atoms with E-state index in [9.17, 15) is 4.79 Å². The van der Waals surface area contributed by atoms with Gasteiger partial charge in [0.2, 0.25) is 0 Å². The Bertz CT molecular complexity index is 832. The maximum absolute atomic E-state index is 10.6. The summed E-state index contributed by atoms with van der Waals surface area (Å²) < 4.78 is 71.5. The molecular weight excluding hydrogens is 680 g/mol. The normalized spacial score (nSPS) is 11.4. The Kier molecular flexibility index (Phi) is 38.9. The monoisotopic (exact) mass is 748 g/mol. The van der Waals surface area contributed by atoms with Crippen molar-refractivity contribution in [3.05, 3.63) is 29.8 Å². The molecule has 0 aliphatic rings. The molecule has 0 spiro atoms. The number of aldehydes is 1. The third kappa shape index (κ3) is 36.6. The van der Waals surface area contributed by atoms with Gasteiger partial charge in [0, 0.05) is 12.2 Å². The number of rotatable bonds is 44. The lowest BCUT2D eigenvalue weighted by Gasteiger charge is -2.09. The third-order valence-electron chi connectivity index (χ3n) is 7.00. The van der Waals surface area contributed by atoms with Crippen LogP contribution in [0.4, 0.5) is 0 Å². The minimum atomic E-state index is 0.430. The van der Waals surface area contributed by atoms with E-state index < -0.39 is 0 Å². The first-order valence-electron chi connectivity index (χ1n) is 19.0. The Balaban J connectivity index is 1.62. The highest BCUT2D eigenvalue weighted by atomic mass is 16.6. The first-order chi connectivity index (χ1) is 25.9. The highest BCUT2D eigenvalue weighted by molar-refractivity contribution is 5.74. The van der Waals surface area contributed by atoms with Crippen molar-refractivity contribution in [2.24, 2.45) is 0 Å². The molecule has 14 nitrogen and oxygen atoms in total. The van der Waals surface area contributed by atoms with Crippen LogP contribution < -0.4 is 4.74 Å². The van der Waals surface area contributed by atoms with Crippen LogP contribution in [-0.4, -0.2) is 171 Å². The van der Waals surface area contributed by atoms with Crippen molar-refractivity contribution in [1.82, 2.24) is 0 Å². The van der Waals surface area contributed by atoms with Crippen molar-refractivity contribution in [2.75, 3.05) is 165 Å². The van der Waals surface area contributed by atoms with Gasteiger partial charge in [-0.2, -0.15) is 0 Å². The Hall–Kier alpha value is -1.79. The molecule has 14 heteroatoms. The Labute approximate surface area is 312 Å². The van der Waals surface area contributed by atoms with Crippen LogP contribution in [0.25, 0.3) is 0 Å². The van der Waals surface area contributed by atoms with Gasteiger partial charge in [-0.15, -0.1) is 0 Å². The molecule has 0 aromatic heterocycles. The number of hydrogen-bond acceptors (Lipinski definition) is 14. The molecule has 0 radical (unpaired) electrons. The van der Waals surface area contributed by atoms with Gasteiger partial charge in [0.05, 0.1) is 152 Å². The Morgan fingerprint density at radius 3 is 0.904 bits per heavy atom. The molecule has 1 rings (SSSR count). The van der Waals surface area contributed by atoms with E-state index in [0.29, 0.717) is 170 Å². The maximum atomic E-state index is 10.6. The molecule has 52 heavy (non-hydrogen) atoms. The zero-order valence-electron chi connectivity index (χ0n) is 31.8. The van der Waals surface area contributed by atoms with Gasteiger partial charge in [-0.3, -0.25) is 4.79 Å². The van der Waals surface area contributed by atoms with E-state index in [1.807, 2.05) is 0 Å². The van der Waals surface area contributed by atoms with Crippen LogP contribution in [0, 0.1) is 0 Å². The average Bonchev–Trinajstić information content (AvgIpc) is 3.17. The van der Waals surface area contributed by atoms with Gasteiger partial charge in [0.1, 0.15) is 18.6 Å². The predicted molar refractivity (Wildman–Crippen MR) is 196 cm³/mol. The fraction of sp³-hybridized carbons (Fsp3) is 0.816. The third-order valence-corrected chi connectivity index (χ3v) is 7.00. The molecule has 0 N–H and O–H groups in total. The minimum Gasteiger partial charge on any atom is -0.491 e. The molecular formula is C38H68O14. The SMILES string of the molecule is CCCCCCCOCCOCCOCCOCCOCCOCCOCCOCCOCCOCCOCCOCCOc1ccc(C=O)cc1. The quantitative estimate of drug-likeness (QED) is 0.0701. The molecule has 0 bridgehead atoms. The summed E-state index contributed by atoms with van der Waals surface area (Å²) in [5.74, 6) is 0.704. The second-order valence-corrected chi connectivity index (χ2v) is 11.3. The van der Waals surface area contributed by atoms with Gasteiger partial charge < -0.3 is 61.6 Å². The van der Waals surface area contributed by atoms with E-state index in [-0.39, 0.29) is 0 Å². The lowest BCUT2D eigenvalue weighted by atomic mass is 10.2. The fourth-order valence-corrected chi connectivity index (χ4v) is 4.19. The summed E-state index contributed by atoms with van der Waals surface area (Å²) in [6.45, 7) is 15.4. The largest absolute Gasteiger partial charge is 0.491 e. The minimum absolute atomic E-state index is 0.430. The zero-order chi connectivity index (χ0) is 37.1. The molecule has 0 saturated heterocycles. The van der Waals surface area contributed by atoms with Crippen LogP contribution in [0.1, 0.15) is 49.4 Å². The molecule has 0 aliphatic heterocycles. The number of hydrogen-bond donors (Lipinski definition) is 0. The summed E-state index contributed by atoms with van der Waals surface area (Å²) in [5, 5.41) is 0. The van der Waals surface area contributed by atoms with Crippen molar-refractivity contribution in [1.29, 1.82) is 0 Å². The van der Waals surface area contributed by atoms with Crippen LogP contribution in [0.5, 0.6) is 5.75 Å². The topological polar surface area (TPSA) is 137 Å². The summed E-state index contributed by atoms with van der Waals surface area (Å²) in [6, 6.07) is 6.94. The van der Waals surface area contributed by atoms with Gasteiger partial charge >= 0.3 is 0 Å². The van der Waals surface area contributed by atoms with Crippen LogP contribution in [-0.2, 0) is 56.8 Å². The summed E-state index contributed by atoms with van der Waals surface area (Å²) in [5.41, 5.74) is 0.618. The molecule has 0 atom stereocenters. The number of carbonyl (C=O) groups is 1. The van der Waals surface area contributed by atoms with Crippen LogP contribution in [0.2, 0.25) is 0 Å². The Morgan fingerprint density at radius 2 is 0.615 bits per heavy atom. The summed E-state index contributed by atoms with van der Waals surface area (Å²) >= 11 is 0. The van der Waals surface area contributed by atoms with Gasteiger partial charge in [0.15, 0.2) is 0 Å². The molecule has 304 valence electrons. The van der Waals surface area contributed by atoms with Crippen molar-refractivity contribution < 1.29 is 66.4 Å². The molecule has 0 amide bonds. The second-order valence-electron chi connectivity index (χ2n) is 11.3. The summed E-state index contributed by atoms with van der Waals surface area (Å²) in [4.78, 5) is 10.6. The lowest BCUT2D eigenvalue weighted by Crippen LogP contribution is -2.15. The van der Waals surface area contributed by atoms with Crippen LogP contribution in [0.3, 0.4) is 0 Å². The van der Waals surface area contributed by atoms with Gasteiger partial charge in [-0.25, -0.2) is 0 Å². The standard InChI is InChI=1S/C38H68O14/c1-2-3-4-5-6-11-40-12-13-41-14-15-42-16-17-43-18-19-44-20-21-45-22-23-46-24-25-47-26-27-48-28-29-49-30-31-50-32-33-51-34-35-52-38-9-7-37(36-39)8-10-38/h7-10,36H,2-6,11-35H2,1H3. The summed E-state index contributed by atoms with van der Waals surface area (Å²) in [7, 11) is 0. The first kappa shape index (κ1) is 48.2. The number of unbranched alkanes of at least 4 members (excludes halogenated alkanes) is 4. The van der Waals surface area contributed by atoms with E-state index in [1.165, 1.54) is 25.7 Å². The maximum Gasteiger partial charge on any atom is 0.150 e. The molecule has 1 aromatic carbocycles. The summed E-state index contributed by atoms with van der Waals surface area (Å²) in [6.07, 6.45) is 7.06. The van der Waals surface area contributed by atoms with Gasteiger partial charge in [-0.05, 0) is 30.7 Å². The predicted octanol–water partition coefficient (Wildman–Crippen LogP) is 4.05. The molecule has 0 aliphatic carbocycles. The van der Waals surface area contributed by atoms with Gasteiger partial charge in [-0.1, -0.05) is 32.6 Å². The molecule has 0 fully saturated rings. The van der Waals surface area contributed by atoms with E-state index in [2.05, 4.69) is 6.92 Å². The van der Waals surface area contributed by atoms with Crippen LogP contribution in [0.15, 0.2) is 24.3 Å². The zero-order valence-corrected chi connectivity index (χ0v) is 31.8. The van der Waals surface area contributed by atoms with Crippen molar-refractivity contribution >= 4 is 6.29 Å². The number of benzene rings is 1. The smallest absolute Gasteiger partial charge is 0.150 e. The Morgan fingerprint density at radius 1 is 0.346 bits per heavy atom. The number of ether oxygens (including phenoxy) is 13. The van der Waals surface area contributed by atoms with Crippen molar-refractivity contribution in [2.45, 2.75) is 39.0 Å². The van der Waals surface area contributed by atoms with Crippen LogP contribution >= 0.6 is 0 Å². The molecule has 0 saturated carbocycles. The van der Waals surface area contributed by atoms with Crippen molar-refractivity contribution in [3.8, 4) is 5.75 Å². The van der Waals surface area contributed by atoms with E-state index in [0.717, 1.165) is 19.3 Å². The molecule has 1 aromatic rings. The fourth-order valence-electron chi connectivity index (χ4n) is 4.19. The van der Waals surface area contributed by atoms with Gasteiger partial charge in [0.25, 0.3) is 0 Å².